The Morgan fingerprint density at radius 3 is 1.72 bits per heavy atom. The van der Waals surface area contributed by atoms with Gasteiger partial charge in [-0.15, -0.1) is 0 Å². The fraction of sp³-hybridized carbons (Fsp3) is 0.833. The fourth-order valence-corrected chi connectivity index (χ4v) is 0.983. The number of azide groups is 3. The molecule has 0 atom stereocenters. The molecule has 96 valence electrons. The minimum Gasteiger partial charge on any atom is -0.480 e. The molecule has 12 heteroatoms. The van der Waals surface area contributed by atoms with E-state index in [1.165, 1.54) is 0 Å². The van der Waals surface area contributed by atoms with Gasteiger partial charge in [0.05, 0.1) is 25.2 Å². The first-order chi connectivity index (χ1) is 8.60. The van der Waals surface area contributed by atoms with Gasteiger partial charge in [0.2, 0.25) is 0 Å². The van der Waals surface area contributed by atoms with Gasteiger partial charge in [-0.2, -0.15) is 0 Å². The average molecular weight is 255 g/mol. The fourth-order valence-electron chi connectivity index (χ4n) is 0.983. The van der Waals surface area contributed by atoms with Crippen LogP contribution in [0.15, 0.2) is 15.3 Å². The maximum atomic E-state index is 10.4. The second-order valence-electron chi connectivity index (χ2n) is 3.03. The molecular formula is C6H9N9O3. The Morgan fingerprint density at radius 2 is 1.44 bits per heavy atom. The SMILES string of the molecule is [N-]=[N+]=NCC(CN=[N+]=[N-])(CN=[N+]=[N-])OCC(=O)O. The molecule has 0 heterocycles. The van der Waals surface area contributed by atoms with Gasteiger partial charge in [-0.3, -0.25) is 0 Å². The van der Waals surface area contributed by atoms with Gasteiger partial charge >= 0.3 is 5.97 Å². The molecule has 1 N–H and O–H groups in total. The molecule has 0 aromatic rings. The van der Waals surface area contributed by atoms with E-state index in [1.54, 1.807) is 0 Å². The third-order valence-corrected chi connectivity index (χ3v) is 1.77. The van der Waals surface area contributed by atoms with Crippen molar-refractivity contribution in [3.8, 4) is 0 Å². The number of aliphatic carboxylic acids is 1. The first-order valence-corrected chi connectivity index (χ1v) is 4.48. The van der Waals surface area contributed by atoms with E-state index in [9.17, 15) is 4.79 Å². The summed E-state index contributed by atoms with van der Waals surface area (Å²) in [7, 11) is 0. The van der Waals surface area contributed by atoms with Crippen molar-refractivity contribution in [3.05, 3.63) is 31.3 Å². The summed E-state index contributed by atoms with van der Waals surface area (Å²) in [5.74, 6) is -1.26. The number of ether oxygens (including phenoxy) is 1. The lowest BCUT2D eigenvalue weighted by Crippen LogP contribution is -2.43. The molecule has 0 unspecified atom stereocenters. The summed E-state index contributed by atoms with van der Waals surface area (Å²) in [6, 6.07) is 0. The van der Waals surface area contributed by atoms with Crippen LogP contribution in [0.1, 0.15) is 0 Å². The summed E-state index contributed by atoms with van der Waals surface area (Å²) in [4.78, 5) is 17.9. The van der Waals surface area contributed by atoms with E-state index in [2.05, 4.69) is 30.1 Å². The van der Waals surface area contributed by atoms with Gasteiger partial charge in [-0.25, -0.2) is 4.79 Å². The van der Waals surface area contributed by atoms with Crippen LogP contribution < -0.4 is 0 Å². The molecule has 0 fully saturated rings. The van der Waals surface area contributed by atoms with Crippen LogP contribution in [0, 0.1) is 0 Å². The van der Waals surface area contributed by atoms with Crippen molar-refractivity contribution in [3.63, 3.8) is 0 Å². The summed E-state index contributed by atoms with van der Waals surface area (Å²) in [5, 5.41) is 18.2. The zero-order valence-electron chi connectivity index (χ0n) is 9.12. The molecular weight excluding hydrogens is 246 g/mol. The quantitative estimate of drug-likeness (QED) is 0.373. The number of rotatable bonds is 9. The van der Waals surface area contributed by atoms with Crippen LogP contribution in [0.25, 0.3) is 31.3 Å². The van der Waals surface area contributed by atoms with Crippen molar-refractivity contribution >= 4 is 5.97 Å². The van der Waals surface area contributed by atoms with E-state index >= 15 is 0 Å². The van der Waals surface area contributed by atoms with Crippen molar-refractivity contribution < 1.29 is 14.6 Å². The van der Waals surface area contributed by atoms with E-state index in [0.717, 1.165) is 0 Å². The lowest BCUT2D eigenvalue weighted by atomic mass is 10.1. The molecule has 0 spiro atoms. The summed E-state index contributed by atoms with van der Waals surface area (Å²) < 4.78 is 5.00. The molecule has 0 saturated heterocycles. The topological polar surface area (TPSA) is 193 Å². The van der Waals surface area contributed by atoms with Crippen LogP contribution in [-0.2, 0) is 9.53 Å². The lowest BCUT2D eigenvalue weighted by molar-refractivity contribution is -0.148. The van der Waals surface area contributed by atoms with Crippen molar-refractivity contribution in [1.82, 2.24) is 0 Å². The molecule has 12 nitrogen and oxygen atoms in total. The summed E-state index contributed by atoms with van der Waals surface area (Å²) in [6.45, 7) is -1.68. The molecule has 0 bridgehead atoms. The monoisotopic (exact) mass is 255 g/mol. The zero-order valence-corrected chi connectivity index (χ0v) is 9.12. The minimum absolute atomic E-state index is 0.325. The first kappa shape index (κ1) is 15.4. The molecule has 0 saturated carbocycles. The summed E-state index contributed by atoms with van der Waals surface area (Å²) in [6.07, 6.45) is 0. The Labute approximate surface area is 100 Å². The highest BCUT2D eigenvalue weighted by Crippen LogP contribution is 2.15. The molecule has 18 heavy (non-hydrogen) atoms. The van der Waals surface area contributed by atoms with Gasteiger partial charge < -0.3 is 9.84 Å². The third-order valence-electron chi connectivity index (χ3n) is 1.77. The average Bonchev–Trinajstić information content (AvgIpc) is 2.37. The summed E-state index contributed by atoms with van der Waals surface area (Å²) >= 11 is 0. The van der Waals surface area contributed by atoms with E-state index < -0.39 is 18.2 Å². The van der Waals surface area contributed by atoms with Crippen molar-refractivity contribution in [2.75, 3.05) is 26.2 Å². The smallest absolute Gasteiger partial charge is 0.329 e. The predicted octanol–water partition coefficient (Wildman–Crippen LogP) is 1.76. The highest BCUT2D eigenvalue weighted by atomic mass is 16.5. The van der Waals surface area contributed by atoms with E-state index in [-0.39, 0.29) is 19.6 Å². The van der Waals surface area contributed by atoms with Gasteiger partial charge in [0, 0.05) is 14.7 Å². The Morgan fingerprint density at radius 1 is 1.06 bits per heavy atom. The summed E-state index contributed by atoms with van der Waals surface area (Å²) in [5.41, 5.74) is 23.3. The highest BCUT2D eigenvalue weighted by molar-refractivity contribution is 5.68. The molecule has 0 amide bonds. The largest absolute Gasteiger partial charge is 0.480 e. The predicted molar refractivity (Wildman–Crippen MR) is 58.4 cm³/mol. The van der Waals surface area contributed by atoms with Crippen molar-refractivity contribution in [2.45, 2.75) is 5.60 Å². The first-order valence-electron chi connectivity index (χ1n) is 4.48. The number of carboxylic acid groups (broad SMARTS) is 1. The van der Waals surface area contributed by atoms with Crippen LogP contribution in [-0.4, -0.2) is 42.9 Å². The second kappa shape index (κ2) is 8.50. The standard InChI is InChI=1S/C6H9N9O3/c7-13-10-2-6(3-11-14-8,4-12-15-9)18-1-5(16)17/h1-4H2,(H,16,17). The van der Waals surface area contributed by atoms with Gasteiger partial charge in [0.15, 0.2) is 0 Å². The normalized spacial score (nSPS) is 12.2. The number of nitrogens with zero attached hydrogens (tertiary/aromatic N) is 9. The molecule has 0 aromatic heterocycles. The van der Waals surface area contributed by atoms with Gasteiger partial charge in [0.25, 0.3) is 0 Å². The van der Waals surface area contributed by atoms with Gasteiger partial charge in [-0.05, 0) is 16.6 Å². The van der Waals surface area contributed by atoms with Crippen LogP contribution in [0.5, 0.6) is 0 Å². The molecule has 0 aromatic carbocycles. The number of carboxylic acids is 1. The number of hydrogen-bond donors (Lipinski definition) is 1. The second-order valence-corrected chi connectivity index (χ2v) is 3.03. The molecule has 0 aliphatic carbocycles. The van der Waals surface area contributed by atoms with Crippen LogP contribution in [0.3, 0.4) is 0 Å². The lowest BCUT2D eigenvalue weighted by Gasteiger charge is -2.28. The molecule has 0 aliphatic rings. The van der Waals surface area contributed by atoms with E-state index in [4.69, 9.17) is 26.4 Å². The van der Waals surface area contributed by atoms with Gasteiger partial charge in [0.1, 0.15) is 6.61 Å². The zero-order chi connectivity index (χ0) is 13.9. The number of hydrogen-bond acceptors (Lipinski definition) is 5. The highest BCUT2D eigenvalue weighted by Gasteiger charge is 2.30. The Bertz CT molecular complexity index is 379. The van der Waals surface area contributed by atoms with E-state index in [1.807, 2.05) is 0 Å². The molecule has 0 radical (unpaired) electrons. The Balaban J connectivity index is 5.05. The Kier molecular flexibility index (Phi) is 7.26. The van der Waals surface area contributed by atoms with Crippen LogP contribution >= 0.6 is 0 Å². The Hall–Kier alpha value is -2.64. The van der Waals surface area contributed by atoms with Crippen molar-refractivity contribution in [1.29, 1.82) is 0 Å². The molecule has 0 rings (SSSR count). The van der Waals surface area contributed by atoms with Crippen LogP contribution in [0.2, 0.25) is 0 Å². The third kappa shape index (κ3) is 6.05. The maximum Gasteiger partial charge on any atom is 0.329 e. The van der Waals surface area contributed by atoms with E-state index in [0.29, 0.717) is 0 Å². The molecule has 0 aliphatic heterocycles. The maximum absolute atomic E-state index is 10.4. The number of carbonyl (C=O) groups is 1. The van der Waals surface area contributed by atoms with Crippen molar-refractivity contribution in [2.24, 2.45) is 15.3 Å². The minimum atomic E-state index is -1.46. The van der Waals surface area contributed by atoms with Gasteiger partial charge in [-0.1, -0.05) is 15.3 Å². The van der Waals surface area contributed by atoms with Crippen LogP contribution in [0.4, 0.5) is 0 Å².